The highest BCUT2D eigenvalue weighted by molar-refractivity contribution is 5.85. The van der Waals surface area contributed by atoms with E-state index in [1.54, 1.807) is 7.11 Å². The Balaban J connectivity index is 0.00000300. The summed E-state index contributed by atoms with van der Waals surface area (Å²) in [5.74, 6) is 0.861. The Kier molecular flexibility index (Phi) is 8.11. The van der Waals surface area contributed by atoms with Crippen molar-refractivity contribution in [2.45, 2.75) is 32.2 Å². The van der Waals surface area contributed by atoms with Crippen molar-refractivity contribution in [1.29, 1.82) is 0 Å². The fourth-order valence-corrected chi connectivity index (χ4v) is 3.46. The molecule has 6 heteroatoms. The van der Waals surface area contributed by atoms with E-state index in [1.807, 2.05) is 56.4 Å². The number of nitrogens with two attached hydrogens (primary N) is 1. The maximum Gasteiger partial charge on any atom is 0.237 e. The maximum atomic E-state index is 12.5. The normalized spacial score (nSPS) is 13.9. The first-order valence-corrected chi connectivity index (χ1v) is 9.78. The number of methoxy groups -OCH3 is 1. The molecular formula is C23H30ClN3O2. The third-order valence-electron chi connectivity index (χ3n) is 5.55. The van der Waals surface area contributed by atoms with Crippen molar-refractivity contribution in [3.8, 4) is 5.75 Å². The molecular weight excluding hydrogens is 386 g/mol. The number of hydrogen-bond acceptors (Lipinski definition) is 3. The summed E-state index contributed by atoms with van der Waals surface area (Å²) in [6, 6.07) is 15.7. The van der Waals surface area contributed by atoms with Gasteiger partial charge in [0.2, 0.25) is 5.91 Å². The Morgan fingerprint density at radius 2 is 1.86 bits per heavy atom. The summed E-state index contributed by atoms with van der Waals surface area (Å²) in [6.07, 6.45) is 2.90. The fraction of sp³-hybridized carbons (Fsp3) is 0.348. The summed E-state index contributed by atoms with van der Waals surface area (Å²) in [5, 5.41) is 4.23. The van der Waals surface area contributed by atoms with Crippen LogP contribution in [-0.2, 0) is 4.79 Å². The van der Waals surface area contributed by atoms with Gasteiger partial charge in [0, 0.05) is 29.6 Å². The Bertz CT molecular complexity index is 923. The van der Waals surface area contributed by atoms with E-state index in [0.29, 0.717) is 6.54 Å². The molecule has 1 aromatic heterocycles. The van der Waals surface area contributed by atoms with Gasteiger partial charge >= 0.3 is 0 Å². The van der Waals surface area contributed by atoms with Gasteiger partial charge in [0.15, 0.2) is 0 Å². The van der Waals surface area contributed by atoms with Crippen molar-refractivity contribution < 1.29 is 9.53 Å². The third-order valence-corrected chi connectivity index (χ3v) is 5.55. The number of rotatable bonds is 8. The molecule has 0 fully saturated rings. The zero-order valence-corrected chi connectivity index (χ0v) is 18.0. The highest BCUT2D eigenvalue weighted by atomic mass is 35.5. The number of nitrogens with one attached hydrogen (secondary N) is 2. The number of benzene rings is 2. The van der Waals surface area contributed by atoms with E-state index in [1.165, 1.54) is 0 Å². The Morgan fingerprint density at radius 1 is 1.17 bits per heavy atom. The minimum absolute atomic E-state index is 0. The zero-order valence-electron chi connectivity index (χ0n) is 17.1. The molecule has 0 aliphatic carbocycles. The molecule has 0 aliphatic rings. The number of H-pyrrole nitrogens is 1. The van der Waals surface area contributed by atoms with Gasteiger partial charge in [-0.1, -0.05) is 50.6 Å². The van der Waals surface area contributed by atoms with Crippen LogP contribution in [0.2, 0.25) is 0 Å². The summed E-state index contributed by atoms with van der Waals surface area (Å²) in [4.78, 5) is 15.9. The van der Waals surface area contributed by atoms with Gasteiger partial charge in [-0.15, -0.1) is 12.4 Å². The fourth-order valence-electron chi connectivity index (χ4n) is 3.46. The monoisotopic (exact) mass is 415 g/mol. The average Bonchev–Trinajstić information content (AvgIpc) is 3.17. The van der Waals surface area contributed by atoms with Crippen molar-refractivity contribution in [3.05, 3.63) is 65.9 Å². The molecule has 0 spiro atoms. The predicted molar refractivity (Wildman–Crippen MR) is 121 cm³/mol. The molecule has 1 amide bonds. The number of carbonyl (C=O) groups excluding carboxylic acids is 1. The lowest BCUT2D eigenvalue weighted by Gasteiger charge is -2.22. The van der Waals surface area contributed by atoms with Gasteiger partial charge in [-0.3, -0.25) is 4.79 Å². The van der Waals surface area contributed by atoms with Gasteiger partial charge in [-0.2, -0.15) is 0 Å². The number of ether oxygens (including phenoxy) is 1. The lowest BCUT2D eigenvalue weighted by atomic mass is 9.90. The number of hydrogen-bond donors (Lipinski definition) is 3. The summed E-state index contributed by atoms with van der Waals surface area (Å²) >= 11 is 0. The number of fused-ring (bicyclic) bond motifs is 1. The summed E-state index contributed by atoms with van der Waals surface area (Å²) in [6.45, 7) is 4.53. The zero-order chi connectivity index (χ0) is 20.1. The van der Waals surface area contributed by atoms with Crippen LogP contribution >= 0.6 is 12.4 Å². The van der Waals surface area contributed by atoms with Crippen LogP contribution in [-0.4, -0.2) is 30.6 Å². The lowest BCUT2D eigenvalue weighted by molar-refractivity contribution is -0.123. The predicted octanol–water partition coefficient (Wildman–Crippen LogP) is 4.22. The van der Waals surface area contributed by atoms with E-state index in [-0.39, 0.29) is 30.2 Å². The van der Waals surface area contributed by atoms with Crippen LogP contribution in [0.15, 0.2) is 54.7 Å². The molecule has 2 aromatic carbocycles. The first kappa shape index (κ1) is 22.8. The minimum atomic E-state index is -0.496. The second kappa shape index (κ2) is 10.3. The lowest BCUT2D eigenvalue weighted by Crippen LogP contribution is -2.45. The molecule has 3 atom stereocenters. The number of aromatic nitrogens is 1. The van der Waals surface area contributed by atoms with Crippen molar-refractivity contribution in [1.82, 2.24) is 10.3 Å². The quantitative estimate of drug-likeness (QED) is 0.515. The molecule has 3 unspecified atom stereocenters. The molecule has 3 rings (SSSR count). The molecule has 156 valence electrons. The molecule has 0 saturated carbocycles. The second-order valence-corrected chi connectivity index (χ2v) is 7.27. The molecule has 3 aromatic rings. The van der Waals surface area contributed by atoms with E-state index < -0.39 is 6.04 Å². The van der Waals surface area contributed by atoms with E-state index in [4.69, 9.17) is 10.5 Å². The van der Waals surface area contributed by atoms with Crippen molar-refractivity contribution in [3.63, 3.8) is 0 Å². The number of halogens is 1. The van der Waals surface area contributed by atoms with E-state index >= 15 is 0 Å². The first-order valence-electron chi connectivity index (χ1n) is 9.78. The van der Waals surface area contributed by atoms with Gasteiger partial charge < -0.3 is 20.8 Å². The molecule has 4 N–H and O–H groups in total. The number of carbonyl (C=O) groups is 1. The molecule has 5 nitrogen and oxygen atoms in total. The van der Waals surface area contributed by atoms with Gasteiger partial charge in [-0.05, 0) is 35.2 Å². The van der Waals surface area contributed by atoms with Gasteiger partial charge in [-0.25, -0.2) is 0 Å². The summed E-state index contributed by atoms with van der Waals surface area (Å²) in [7, 11) is 1.66. The number of amides is 1. The van der Waals surface area contributed by atoms with E-state index in [9.17, 15) is 4.79 Å². The van der Waals surface area contributed by atoms with Crippen molar-refractivity contribution >= 4 is 29.2 Å². The second-order valence-electron chi connectivity index (χ2n) is 7.27. The van der Waals surface area contributed by atoms with Gasteiger partial charge in [0.05, 0.1) is 13.2 Å². The van der Waals surface area contributed by atoms with Crippen LogP contribution in [0.4, 0.5) is 0 Å². The third kappa shape index (κ3) is 5.11. The molecule has 1 heterocycles. The average molecular weight is 416 g/mol. The standard InChI is InChI=1S/C23H29N3O2.ClH/c1-4-15(2)22(24)23(27)26-13-19(16-9-11-17(28-3)12-10-16)20-14-25-21-8-6-5-7-18(20)21;/h5-12,14-15,19,22,25H,4,13,24H2,1-3H3,(H,26,27);1H. The number of para-hydroxylation sites is 1. The summed E-state index contributed by atoms with van der Waals surface area (Å²) < 4.78 is 5.29. The topological polar surface area (TPSA) is 80.1 Å². The maximum absolute atomic E-state index is 12.5. The molecule has 0 aliphatic heterocycles. The van der Waals surface area contributed by atoms with Crippen molar-refractivity contribution in [2.75, 3.05) is 13.7 Å². The molecule has 0 radical (unpaired) electrons. The Labute approximate surface area is 178 Å². The summed E-state index contributed by atoms with van der Waals surface area (Å²) in [5.41, 5.74) is 9.46. The number of aromatic amines is 1. The van der Waals surface area contributed by atoms with E-state index in [2.05, 4.69) is 22.4 Å². The SMILES string of the molecule is CCC(C)C(N)C(=O)NCC(c1ccc(OC)cc1)c1c[nH]c2ccccc12.Cl. The van der Waals surface area contributed by atoms with Crippen LogP contribution in [0.5, 0.6) is 5.75 Å². The van der Waals surface area contributed by atoms with Crippen LogP contribution in [0.1, 0.15) is 37.3 Å². The van der Waals surface area contributed by atoms with Crippen molar-refractivity contribution in [2.24, 2.45) is 11.7 Å². The highest BCUT2D eigenvalue weighted by Crippen LogP contribution is 2.31. The molecule has 29 heavy (non-hydrogen) atoms. The van der Waals surface area contributed by atoms with E-state index in [0.717, 1.165) is 34.2 Å². The van der Waals surface area contributed by atoms with Crippen LogP contribution < -0.4 is 15.8 Å². The molecule has 0 bridgehead atoms. The van der Waals surface area contributed by atoms with Crippen LogP contribution in [0.3, 0.4) is 0 Å². The Morgan fingerprint density at radius 3 is 2.52 bits per heavy atom. The van der Waals surface area contributed by atoms with Gasteiger partial charge in [0.25, 0.3) is 0 Å². The van der Waals surface area contributed by atoms with Crippen LogP contribution in [0.25, 0.3) is 10.9 Å². The smallest absolute Gasteiger partial charge is 0.237 e. The highest BCUT2D eigenvalue weighted by Gasteiger charge is 2.23. The van der Waals surface area contributed by atoms with Gasteiger partial charge in [0.1, 0.15) is 5.75 Å². The van der Waals surface area contributed by atoms with Crippen LogP contribution in [0, 0.1) is 5.92 Å². The first-order chi connectivity index (χ1) is 13.5. The molecule has 0 saturated heterocycles. The minimum Gasteiger partial charge on any atom is -0.497 e. The largest absolute Gasteiger partial charge is 0.497 e. The Hall–Kier alpha value is -2.50.